The van der Waals surface area contributed by atoms with Crippen LogP contribution < -0.4 is 0 Å². The molecular formula is C12H16OSi. The molecule has 0 aromatic heterocycles. The van der Waals surface area contributed by atoms with Crippen molar-refractivity contribution in [2.24, 2.45) is 0 Å². The Labute approximate surface area is 86.4 Å². The molecule has 0 atom stereocenters. The van der Waals surface area contributed by atoms with E-state index in [1.165, 1.54) is 11.1 Å². The summed E-state index contributed by atoms with van der Waals surface area (Å²) < 4.78 is 5.70. The van der Waals surface area contributed by atoms with Crippen LogP contribution in [0, 0.1) is 0 Å². The summed E-state index contributed by atoms with van der Waals surface area (Å²) in [6.45, 7) is 7.71. The molecule has 0 aliphatic carbocycles. The summed E-state index contributed by atoms with van der Waals surface area (Å²) in [6, 6.07) is 8.43. The lowest BCUT2D eigenvalue weighted by molar-refractivity contribution is 0.286. The van der Waals surface area contributed by atoms with E-state index in [4.69, 9.17) is 4.74 Å². The van der Waals surface area contributed by atoms with Gasteiger partial charge in [-0.25, -0.2) is 0 Å². The highest BCUT2D eigenvalue weighted by molar-refractivity contribution is 6.81. The molecule has 1 heterocycles. The molecular weight excluding hydrogens is 188 g/mol. The number of fused-ring (bicyclic) bond motifs is 1. The van der Waals surface area contributed by atoms with Gasteiger partial charge in [-0.1, -0.05) is 49.6 Å². The fourth-order valence-corrected chi connectivity index (χ4v) is 2.66. The number of rotatable bonds is 1. The highest BCUT2D eigenvalue weighted by Gasteiger charge is 2.20. The number of hydrogen-bond donors (Lipinski definition) is 0. The highest BCUT2D eigenvalue weighted by Crippen LogP contribution is 2.30. The molecule has 0 unspecified atom stereocenters. The third-order valence-electron chi connectivity index (χ3n) is 2.23. The SMILES string of the molecule is C[Si](C)(C)/C=C1/OCc2ccccc21. The third-order valence-corrected chi connectivity index (χ3v) is 3.36. The summed E-state index contributed by atoms with van der Waals surface area (Å²) in [5.41, 5.74) is 4.94. The van der Waals surface area contributed by atoms with Crippen LogP contribution >= 0.6 is 0 Å². The molecule has 0 saturated carbocycles. The van der Waals surface area contributed by atoms with Crippen LogP contribution in [0.4, 0.5) is 0 Å². The fraction of sp³-hybridized carbons (Fsp3) is 0.333. The van der Waals surface area contributed by atoms with Crippen molar-refractivity contribution in [2.45, 2.75) is 26.2 Å². The molecule has 0 bridgehead atoms. The molecule has 1 aromatic rings. The normalized spacial score (nSPS) is 18.1. The standard InChI is InChI=1S/C12H16OSi/c1-14(2,3)9-12-11-7-5-4-6-10(11)8-13-12/h4-7,9H,8H2,1-3H3/b12-9+. The Morgan fingerprint density at radius 3 is 2.64 bits per heavy atom. The Morgan fingerprint density at radius 1 is 1.21 bits per heavy atom. The van der Waals surface area contributed by atoms with E-state index >= 15 is 0 Å². The largest absolute Gasteiger partial charge is 0.489 e. The molecule has 0 saturated heterocycles. The molecule has 74 valence electrons. The predicted molar refractivity (Wildman–Crippen MR) is 62.6 cm³/mol. The van der Waals surface area contributed by atoms with Gasteiger partial charge in [-0.15, -0.1) is 0 Å². The Morgan fingerprint density at radius 2 is 1.93 bits per heavy atom. The van der Waals surface area contributed by atoms with Gasteiger partial charge in [-0.2, -0.15) is 0 Å². The fourth-order valence-electron chi connectivity index (χ4n) is 1.63. The Kier molecular flexibility index (Phi) is 2.23. The van der Waals surface area contributed by atoms with E-state index in [-0.39, 0.29) is 0 Å². The van der Waals surface area contributed by atoms with E-state index < -0.39 is 8.07 Å². The van der Waals surface area contributed by atoms with Gasteiger partial charge in [0, 0.05) is 11.1 Å². The van der Waals surface area contributed by atoms with Gasteiger partial charge >= 0.3 is 0 Å². The molecule has 14 heavy (non-hydrogen) atoms. The van der Waals surface area contributed by atoms with Crippen molar-refractivity contribution in [3.63, 3.8) is 0 Å². The Balaban J connectivity index is 2.40. The lowest BCUT2D eigenvalue weighted by atomic mass is 10.1. The van der Waals surface area contributed by atoms with Gasteiger partial charge in [0.15, 0.2) is 0 Å². The van der Waals surface area contributed by atoms with Crippen molar-refractivity contribution in [2.75, 3.05) is 0 Å². The second-order valence-electron chi connectivity index (χ2n) is 4.82. The first-order chi connectivity index (χ1) is 6.56. The maximum absolute atomic E-state index is 5.70. The third kappa shape index (κ3) is 1.90. The molecule has 0 amide bonds. The van der Waals surface area contributed by atoms with E-state index in [0.717, 1.165) is 12.4 Å². The van der Waals surface area contributed by atoms with Gasteiger partial charge < -0.3 is 4.74 Å². The number of hydrogen-bond acceptors (Lipinski definition) is 1. The van der Waals surface area contributed by atoms with Gasteiger partial charge in [0.05, 0.1) is 8.07 Å². The Bertz CT molecular complexity index is 374. The van der Waals surface area contributed by atoms with Crippen molar-refractivity contribution >= 4 is 13.8 Å². The van der Waals surface area contributed by atoms with E-state index in [1.807, 2.05) is 0 Å². The van der Waals surface area contributed by atoms with Crippen LogP contribution in [0.3, 0.4) is 0 Å². The smallest absolute Gasteiger partial charge is 0.119 e. The summed E-state index contributed by atoms with van der Waals surface area (Å²) >= 11 is 0. The first-order valence-corrected chi connectivity index (χ1v) is 8.58. The molecule has 0 spiro atoms. The van der Waals surface area contributed by atoms with Crippen molar-refractivity contribution in [1.82, 2.24) is 0 Å². The molecule has 1 aliphatic heterocycles. The van der Waals surface area contributed by atoms with Gasteiger partial charge in [0.25, 0.3) is 0 Å². The van der Waals surface area contributed by atoms with E-state index in [0.29, 0.717) is 0 Å². The summed E-state index contributed by atoms with van der Waals surface area (Å²) in [6.07, 6.45) is 0. The van der Waals surface area contributed by atoms with Crippen LogP contribution in [0.2, 0.25) is 19.6 Å². The first kappa shape index (κ1) is 9.53. The Hall–Kier alpha value is -1.02. The van der Waals surface area contributed by atoms with E-state index in [2.05, 4.69) is 49.6 Å². The summed E-state index contributed by atoms with van der Waals surface area (Å²) in [7, 11) is -1.18. The molecule has 2 heteroatoms. The maximum atomic E-state index is 5.70. The second-order valence-corrected chi connectivity index (χ2v) is 9.84. The molecule has 0 fully saturated rings. The zero-order valence-electron chi connectivity index (χ0n) is 9.00. The van der Waals surface area contributed by atoms with Crippen LogP contribution in [-0.2, 0) is 11.3 Å². The molecule has 2 rings (SSSR count). The van der Waals surface area contributed by atoms with E-state index in [1.54, 1.807) is 0 Å². The maximum Gasteiger partial charge on any atom is 0.119 e. The number of benzene rings is 1. The lowest BCUT2D eigenvalue weighted by Crippen LogP contribution is -2.16. The minimum Gasteiger partial charge on any atom is -0.489 e. The second kappa shape index (κ2) is 3.28. The van der Waals surface area contributed by atoms with Crippen molar-refractivity contribution < 1.29 is 4.74 Å². The quantitative estimate of drug-likeness (QED) is 0.637. The minimum absolute atomic E-state index is 0.743. The monoisotopic (exact) mass is 204 g/mol. The van der Waals surface area contributed by atoms with Gasteiger partial charge in [0.2, 0.25) is 0 Å². The minimum atomic E-state index is -1.18. The van der Waals surface area contributed by atoms with E-state index in [9.17, 15) is 0 Å². The molecule has 1 nitrogen and oxygen atoms in total. The van der Waals surface area contributed by atoms with Crippen LogP contribution in [0.5, 0.6) is 0 Å². The van der Waals surface area contributed by atoms with Crippen LogP contribution in [0.25, 0.3) is 5.76 Å². The molecule has 0 radical (unpaired) electrons. The van der Waals surface area contributed by atoms with Crippen molar-refractivity contribution in [1.29, 1.82) is 0 Å². The van der Waals surface area contributed by atoms with Gasteiger partial charge in [0.1, 0.15) is 12.4 Å². The zero-order valence-corrected chi connectivity index (χ0v) is 10.0. The highest BCUT2D eigenvalue weighted by atomic mass is 28.3. The molecule has 1 aliphatic rings. The average molecular weight is 204 g/mol. The lowest BCUT2D eigenvalue weighted by Gasteiger charge is -2.11. The predicted octanol–water partition coefficient (Wildman–Crippen LogP) is 3.44. The summed E-state index contributed by atoms with van der Waals surface area (Å²) in [5.74, 6) is 1.10. The molecule has 0 N–H and O–H groups in total. The average Bonchev–Trinajstić information content (AvgIpc) is 2.47. The summed E-state index contributed by atoms with van der Waals surface area (Å²) in [5, 5.41) is 0. The number of ether oxygens (including phenoxy) is 1. The van der Waals surface area contributed by atoms with Gasteiger partial charge in [-0.3, -0.25) is 0 Å². The van der Waals surface area contributed by atoms with Crippen molar-refractivity contribution in [3.05, 3.63) is 41.1 Å². The van der Waals surface area contributed by atoms with Crippen molar-refractivity contribution in [3.8, 4) is 0 Å². The van der Waals surface area contributed by atoms with Crippen LogP contribution in [0.15, 0.2) is 30.0 Å². The van der Waals surface area contributed by atoms with Gasteiger partial charge in [-0.05, 0) is 0 Å². The zero-order chi connectivity index (χ0) is 10.2. The topological polar surface area (TPSA) is 9.23 Å². The van der Waals surface area contributed by atoms with Crippen LogP contribution in [-0.4, -0.2) is 8.07 Å². The van der Waals surface area contributed by atoms with Crippen LogP contribution in [0.1, 0.15) is 11.1 Å². The summed E-state index contributed by atoms with van der Waals surface area (Å²) in [4.78, 5) is 0. The first-order valence-electron chi connectivity index (χ1n) is 5.00. The molecule has 1 aromatic carbocycles.